The predicted octanol–water partition coefficient (Wildman–Crippen LogP) is 2.60. The molecular formula is C17H26N2O. The molecule has 0 amide bonds. The van der Waals surface area contributed by atoms with E-state index in [2.05, 4.69) is 30.9 Å². The first-order chi connectivity index (χ1) is 9.60. The van der Waals surface area contributed by atoms with Crippen molar-refractivity contribution in [3.63, 3.8) is 0 Å². The highest BCUT2D eigenvalue weighted by molar-refractivity contribution is 5.40. The van der Waals surface area contributed by atoms with Crippen molar-refractivity contribution in [2.24, 2.45) is 17.6 Å². The SMILES string of the molecule is COc1ccc2c(c1)C(N)C(N1CC(C)C(C)C1)CC2. The number of methoxy groups -OCH3 is 1. The maximum Gasteiger partial charge on any atom is 0.119 e. The summed E-state index contributed by atoms with van der Waals surface area (Å²) in [6.45, 7) is 7.10. The fourth-order valence-electron chi connectivity index (χ4n) is 3.78. The first kappa shape index (κ1) is 13.9. The minimum absolute atomic E-state index is 0.117. The number of aryl methyl sites for hydroxylation is 1. The highest BCUT2D eigenvalue weighted by Crippen LogP contribution is 2.36. The van der Waals surface area contributed by atoms with Crippen LogP contribution in [0.2, 0.25) is 0 Å². The third-order valence-electron chi connectivity index (χ3n) is 5.32. The maximum absolute atomic E-state index is 6.59. The molecule has 2 aliphatic rings. The van der Waals surface area contributed by atoms with Crippen molar-refractivity contribution >= 4 is 0 Å². The van der Waals surface area contributed by atoms with Crippen molar-refractivity contribution in [1.29, 1.82) is 0 Å². The molecule has 3 nitrogen and oxygen atoms in total. The fraction of sp³-hybridized carbons (Fsp3) is 0.647. The Morgan fingerprint density at radius 1 is 1.20 bits per heavy atom. The number of likely N-dealkylation sites (tertiary alicyclic amines) is 1. The molecule has 0 bridgehead atoms. The van der Waals surface area contributed by atoms with Crippen molar-refractivity contribution in [2.75, 3.05) is 20.2 Å². The lowest BCUT2D eigenvalue weighted by Crippen LogP contribution is -2.44. The van der Waals surface area contributed by atoms with Crippen molar-refractivity contribution < 1.29 is 4.74 Å². The third-order valence-corrected chi connectivity index (χ3v) is 5.32. The van der Waals surface area contributed by atoms with Gasteiger partial charge in [-0.3, -0.25) is 4.90 Å². The van der Waals surface area contributed by atoms with Gasteiger partial charge in [0, 0.05) is 25.2 Å². The molecule has 2 N–H and O–H groups in total. The minimum atomic E-state index is 0.117. The quantitative estimate of drug-likeness (QED) is 0.901. The summed E-state index contributed by atoms with van der Waals surface area (Å²) in [5.74, 6) is 2.49. The minimum Gasteiger partial charge on any atom is -0.497 e. The second-order valence-corrected chi connectivity index (χ2v) is 6.61. The van der Waals surface area contributed by atoms with Crippen LogP contribution in [-0.2, 0) is 6.42 Å². The van der Waals surface area contributed by atoms with Gasteiger partial charge in [-0.1, -0.05) is 19.9 Å². The molecule has 1 fully saturated rings. The average Bonchev–Trinajstić information content (AvgIpc) is 2.78. The lowest BCUT2D eigenvalue weighted by molar-refractivity contribution is 0.183. The Morgan fingerprint density at radius 2 is 1.90 bits per heavy atom. The van der Waals surface area contributed by atoms with Crippen LogP contribution < -0.4 is 10.5 Å². The van der Waals surface area contributed by atoms with Crippen LogP contribution >= 0.6 is 0 Å². The van der Waals surface area contributed by atoms with Gasteiger partial charge in [0.25, 0.3) is 0 Å². The van der Waals surface area contributed by atoms with Crippen LogP contribution in [0.3, 0.4) is 0 Å². The van der Waals surface area contributed by atoms with E-state index >= 15 is 0 Å². The Bertz CT molecular complexity index is 478. The van der Waals surface area contributed by atoms with Gasteiger partial charge < -0.3 is 10.5 Å². The van der Waals surface area contributed by atoms with Crippen LogP contribution in [-0.4, -0.2) is 31.1 Å². The molecule has 1 heterocycles. The Hall–Kier alpha value is -1.06. The number of benzene rings is 1. The number of hydrogen-bond donors (Lipinski definition) is 1. The van der Waals surface area contributed by atoms with Gasteiger partial charge in [0.1, 0.15) is 5.75 Å². The van der Waals surface area contributed by atoms with E-state index < -0.39 is 0 Å². The summed E-state index contributed by atoms with van der Waals surface area (Å²) in [6, 6.07) is 6.97. The highest BCUT2D eigenvalue weighted by atomic mass is 16.5. The number of nitrogens with zero attached hydrogens (tertiary/aromatic N) is 1. The van der Waals surface area contributed by atoms with E-state index in [4.69, 9.17) is 10.5 Å². The van der Waals surface area contributed by atoms with Crippen LogP contribution in [0.25, 0.3) is 0 Å². The Balaban J connectivity index is 1.83. The van der Waals surface area contributed by atoms with Gasteiger partial charge in [0.2, 0.25) is 0 Å². The zero-order valence-corrected chi connectivity index (χ0v) is 12.8. The topological polar surface area (TPSA) is 38.5 Å². The van der Waals surface area contributed by atoms with E-state index in [0.717, 1.165) is 24.0 Å². The molecule has 20 heavy (non-hydrogen) atoms. The molecule has 1 aliphatic carbocycles. The zero-order chi connectivity index (χ0) is 14.3. The molecule has 0 radical (unpaired) electrons. The number of fused-ring (bicyclic) bond motifs is 1. The number of ether oxygens (including phenoxy) is 1. The van der Waals surface area contributed by atoms with Crippen molar-refractivity contribution in [1.82, 2.24) is 4.90 Å². The average molecular weight is 274 g/mol. The first-order valence-electron chi connectivity index (χ1n) is 7.76. The van der Waals surface area contributed by atoms with Crippen molar-refractivity contribution in [3.05, 3.63) is 29.3 Å². The lowest BCUT2D eigenvalue weighted by atomic mass is 9.83. The van der Waals surface area contributed by atoms with E-state index in [1.165, 1.54) is 30.6 Å². The van der Waals surface area contributed by atoms with Gasteiger partial charge in [-0.25, -0.2) is 0 Å². The van der Waals surface area contributed by atoms with E-state index in [0.29, 0.717) is 6.04 Å². The van der Waals surface area contributed by atoms with Crippen LogP contribution in [0.4, 0.5) is 0 Å². The lowest BCUT2D eigenvalue weighted by Gasteiger charge is -2.37. The second kappa shape index (κ2) is 5.38. The van der Waals surface area contributed by atoms with Gasteiger partial charge in [0.05, 0.1) is 7.11 Å². The molecule has 4 unspecified atom stereocenters. The normalized spacial score (nSPS) is 34.0. The highest BCUT2D eigenvalue weighted by Gasteiger charge is 2.36. The van der Waals surface area contributed by atoms with Gasteiger partial charge in [-0.15, -0.1) is 0 Å². The number of rotatable bonds is 2. The van der Waals surface area contributed by atoms with Crippen molar-refractivity contribution in [3.8, 4) is 5.75 Å². The summed E-state index contributed by atoms with van der Waals surface area (Å²) in [5, 5.41) is 0. The van der Waals surface area contributed by atoms with Gasteiger partial charge in [-0.2, -0.15) is 0 Å². The zero-order valence-electron chi connectivity index (χ0n) is 12.8. The van der Waals surface area contributed by atoms with E-state index in [1.54, 1.807) is 7.11 Å². The largest absolute Gasteiger partial charge is 0.497 e. The van der Waals surface area contributed by atoms with Crippen LogP contribution in [0.15, 0.2) is 18.2 Å². The van der Waals surface area contributed by atoms with Gasteiger partial charge in [-0.05, 0) is 47.9 Å². The van der Waals surface area contributed by atoms with Crippen LogP contribution in [0.5, 0.6) is 5.75 Å². The smallest absolute Gasteiger partial charge is 0.119 e. The van der Waals surface area contributed by atoms with Crippen LogP contribution in [0.1, 0.15) is 37.4 Å². The molecule has 110 valence electrons. The maximum atomic E-state index is 6.59. The van der Waals surface area contributed by atoms with E-state index in [9.17, 15) is 0 Å². The fourth-order valence-corrected chi connectivity index (χ4v) is 3.78. The van der Waals surface area contributed by atoms with Crippen molar-refractivity contribution in [2.45, 2.75) is 38.8 Å². The summed E-state index contributed by atoms with van der Waals surface area (Å²) in [6.07, 6.45) is 2.32. The third kappa shape index (κ3) is 2.33. The Morgan fingerprint density at radius 3 is 2.55 bits per heavy atom. The second-order valence-electron chi connectivity index (χ2n) is 6.61. The summed E-state index contributed by atoms with van der Waals surface area (Å²) in [4.78, 5) is 2.61. The monoisotopic (exact) mass is 274 g/mol. The molecule has 0 saturated carbocycles. The molecule has 3 rings (SSSR count). The molecule has 4 atom stereocenters. The summed E-state index contributed by atoms with van der Waals surface area (Å²) < 4.78 is 5.35. The van der Waals surface area contributed by atoms with Gasteiger partial charge >= 0.3 is 0 Å². The Kier molecular flexibility index (Phi) is 3.74. The summed E-state index contributed by atoms with van der Waals surface area (Å²) in [7, 11) is 1.72. The first-order valence-corrected chi connectivity index (χ1v) is 7.76. The van der Waals surface area contributed by atoms with E-state index in [1.807, 2.05) is 6.07 Å². The molecule has 0 aromatic heterocycles. The molecule has 1 aromatic rings. The van der Waals surface area contributed by atoms with Gasteiger partial charge in [0.15, 0.2) is 0 Å². The Labute approximate surface area is 122 Å². The molecule has 3 heteroatoms. The predicted molar refractivity (Wildman–Crippen MR) is 81.9 cm³/mol. The number of hydrogen-bond acceptors (Lipinski definition) is 3. The van der Waals surface area contributed by atoms with E-state index in [-0.39, 0.29) is 6.04 Å². The molecule has 0 spiro atoms. The summed E-state index contributed by atoms with van der Waals surface area (Å²) in [5.41, 5.74) is 9.27. The summed E-state index contributed by atoms with van der Waals surface area (Å²) >= 11 is 0. The molecule has 1 aromatic carbocycles. The number of nitrogens with two attached hydrogens (primary N) is 1. The van der Waals surface area contributed by atoms with Crippen LogP contribution in [0, 0.1) is 11.8 Å². The molecular weight excluding hydrogens is 248 g/mol. The molecule has 1 saturated heterocycles. The molecule has 1 aliphatic heterocycles. The standard InChI is InChI=1S/C17H26N2O/c1-11-9-19(10-12(11)2)16-7-5-13-4-6-14(20-3)8-15(13)17(16)18/h4,6,8,11-12,16-17H,5,7,9-10,18H2,1-3H3.